The molecule has 9 heteroatoms. The fraction of sp³-hybridized carbons (Fsp3) is 0.312. The van der Waals surface area contributed by atoms with E-state index in [-0.39, 0.29) is 5.69 Å². The molecule has 0 saturated heterocycles. The lowest BCUT2D eigenvalue weighted by Gasteiger charge is -1.99. The highest BCUT2D eigenvalue weighted by atomic mass is 32.1. The van der Waals surface area contributed by atoms with Crippen LogP contribution >= 0.6 is 11.3 Å². The maximum Gasteiger partial charge on any atom is 0.300 e. The molecule has 0 aliphatic heterocycles. The van der Waals surface area contributed by atoms with Gasteiger partial charge in [-0.3, -0.25) is 19.6 Å². The average Bonchev–Trinajstić information content (AvgIpc) is 3.13. The molecule has 2 heterocycles. The molecular weight excluding hydrogens is 342 g/mol. The smallest absolute Gasteiger partial charge is 0.300 e. The summed E-state index contributed by atoms with van der Waals surface area (Å²) in [6.45, 7) is 7.06. The van der Waals surface area contributed by atoms with E-state index in [1.165, 1.54) is 23.5 Å². The van der Waals surface area contributed by atoms with E-state index in [1.807, 2.05) is 25.3 Å². The van der Waals surface area contributed by atoms with Gasteiger partial charge in [-0.15, -0.1) is 0 Å². The predicted octanol–water partition coefficient (Wildman–Crippen LogP) is 2.90. The number of aryl methyl sites for hydroxylation is 3. The summed E-state index contributed by atoms with van der Waals surface area (Å²) in [4.78, 5) is 27.7. The zero-order chi connectivity index (χ0) is 18.1. The monoisotopic (exact) mass is 359 g/mol. The quantitative estimate of drug-likeness (QED) is 0.528. The molecule has 0 spiro atoms. The van der Waals surface area contributed by atoms with Crippen LogP contribution in [0.4, 0.5) is 5.69 Å². The Hall–Kier alpha value is -2.81. The van der Waals surface area contributed by atoms with Gasteiger partial charge in [-0.25, -0.2) is 0 Å². The number of hydrogen-bond donors (Lipinski definition) is 0. The largest absolute Gasteiger partial charge is 0.317 e. The first-order valence-corrected chi connectivity index (χ1v) is 8.67. The standard InChI is InChI=1S/C16H17N5O3S/c1-4-19-13-7-6-11(21(23)24)9-14(13)25-16(19)17-15(22)12-8-10(3)20(5-2)18-12/h6-9H,4-5H2,1-3H3. The highest BCUT2D eigenvalue weighted by Gasteiger charge is 2.14. The van der Waals surface area contributed by atoms with Gasteiger partial charge in [0.1, 0.15) is 0 Å². The number of fused-ring (bicyclic) bond motifs is 1. The summed E-state index contributed by atoms with van der Waals surface area (Å²) in [5.41, 5.74) is 2.04. The number of rotatable bonds is 4. The van der Waals surface area contributed by atoms with E-state index in [9.17, 15) is 14.9 Å². The van der Waals surface area contributed by atoms with Crippen LogP contribution in [0.3, 0.4) is 0 Å². The maximum absolute atomic E-state index is 12.5. The molecule has 0 aliphatic rings. The van der Waals surface area contributed by atoms with Gasteiger partial charge in [0.25, 0.3) is 11.6 Å². The van der Waals surface area contributed by atoms with Gasteiger partial charge in [-0.1, -0.05) is 11.3 Å². The number of carbonyl (C=O) groups is 1. The third-order valence-corrected chi connectivity index (χ3v) is 4.93. The molecule has 0 fully saturated rings. The fourth-order valence-corrected chi connectivity index (χ4v) is 3.77. The van der Waals surface area contributed by atoms with Crippen molar-refractivity contribution in [2.45, 2.75) is 33.9 Å². The van der Waals surface area contributed by atoms with Crippen molar-refractivity contribution in [3.8, 4) is 0 Å². The van der Waals surface area contributed by atoms with Gasteiger partial charge in [0.05, 0.1) is 15.1 Å². The van der Waals surface area contributed by atoms with Crippen LogP contribution in [-0.4, -0.2) is 25.2 Å². The molecule has 0 saturated carbocycles. The van der Waals surface area contributed by atoms with Gasteiger partial charge < -0.3 is 4.57 Å². The van der Waals surface area contributed by atoms with Gasteiger partial charge in [-0.2, -0.15) is 10.1 Å². The second-order valence-corrected chi connectivity index (χ2v) is 6.45. The SMILES string of the molecule is CCn1nc(C(=O)N=c2sc3cc([N+](=O)[O-])ccc3n2CC)cc1C. The van der Waals surface area contributed by atoms with Gasteiger partial charge >= 0.3 is 0 Å². The molecule has 3 rings (SSSR count). The van der Waals surface area contributed by atoms with Gasteiger partial charge in [0.15, 0.2) is 10.5 Å². The van der Waals surface area contributed by atoms with Crippen LogP contribution < -0.4 is 4.80 Å². The van der Waals surface area contributed by atoms with Crippen molar-refractivity contribution in [3.63, 3.8) is 0 Å². The Morgan fingerprint density at radius 3 is 2.68 bits per heavy atom. The average molecular weight is 359 g/mol. The minimum absolute atomic E-state index is 0.0205. The van der Waals surface area contributed by atoms with E-state index in [1.54, 1.807) is 16.8 Å². The molecule has 25 heavy (non-hydrogen) atoms. The number of amides is 1. The van der Waals surface area contributed by atoms with Crippen molar-refractivity contribution >= 4 is 33.1 Å². The second kappa shape index (κ2) is 6.60. The van der Waals surface area contributed by atoms with Gasteiger partial charge in [-0.05, 0) is 32.9 Å². The molecule has 3 aromatic rings. The van der Waals surface area contributed by atoms with Crippen LogP contribution in [0, 0.1) is 17.0 Å². The molecule has 0 atom stereocenters. The molecule has 8 nitrogen and oxygen atoms in total. The molecule has 130 valence electrons. The number of nitro benzene ring substituents is 1. The lowest BCUT2D eigenvalue weighted by Crippen LogP contribution is -2.16. The molecule has 0 unspecified atom stereocenters. The molecule has 1 amide bonds. The summed E-state index contributed by atoms with van der Waals surface area (Å²) < 4.78 is 4.33. The first-order chi connectivity index (χ1) is 11.9. The Morgan fingerprint density at radius 1 is 1.32 bits per heavy atom. The Kier molecular flexibility index (Phi) is 4.49. The molecule has 1 aromatic carbocycles. The van der Waals surface area contributed by atoms with Gasteiger partial charge in [0.2, 0.25) is 0 Å². The van der Waals surface area contributed by atoms with Crippen LogP contribution in [0.25, 0.3) is 10.2 Å². The second-order valence-electron chi connectivity index (χ2n) is 5.44. The van der Waals surface area contributed by atoms with Crippen molar-refractivity contribution in [1.82, 2.24) is 14.3 Å². The van der Waals surface area contributed by atoms with E-state index in [2.05, 4.69) is 10.1 Å². The third-order valence-electron chi connectivity index (χ3n) is 3.89. The summed E-state index contributed by atoms with van der Waals surface area (Å²) in [5, 5.41) is 15.2. The van der Waals surface area contributed by atoms with Crippen molar-refractivity contribution in [2.75, 3.05) is 0 Å². The minimum atomic E-state index is -0.433. The highest BCUT2D eigenvalue weighted by Crippen LogP contribution is 2.23. The van der Waals surface area contributed by atoms with E-state index >= 15 is 0 Å². The first kappa shape index (κ1) is 17.0. The lowest BCUT2D eigenvalue weighted by molar-refractivity contribution is -0.384. The summed E-state index contributed by atoms with van der Waals surface area (Å²) in [7, 11) is 0. The number of non-ortho nitro benzene ring substituents is 1. The van der Waals surface area contributed by atoms with Crippen LogP contribution in [-0.2, 0) is 13.1 Å². The Morgan fingerprint density at radius 2 is 2.08 bits per heavy atom. The van der Waals surface area contributed by atoms with Gasteiger partial charge in [0, 0.05) is 30.9 Å². The molecule has 0 bridgehead atoms. The number of nitrogens with zero attached hydrogens (tertiary/aromatic N) is 5. The number of aromatic nitrogens is 3. The zero-order valence-corrected chi connectivity index (χ0v) is 14.9. The summed E-state index contributed by atoms with van der Waals surface area (Å²) in [5.74, 6) is -0.418. The fourth-order valence-electron chi connectivity index (χ4n) is 2.65. The Labute approximate surface area is 147 Å². The molecule has 2 aromatic heterocycles. The lowest BCUT2D eigenvalue weighted by atomic mass is 10.3. The minimum Gasteiger partial charge on any atom is -0.317 e. The normalized spacial score (nSPS) is 12.0. The van der Waals surface area contributed by atoms with E-state index in [4.69, 9.17) is 0 Å². The number of carbonyl (C=O) groups excluding carboxylic acids is 1. The summed E-state index contributed by atoms with van der Waals surface area (Å²) in [6, 6.07) is 6.36. The van der Waals surface area contributed by atoms with Crippen molar-refractivity contribution in [2.24, 2.45) is 4.99 Å². The summed E-state index contributed by atoms with van der Waals surface area (Å²) >= 11 is 1.26. The topological polar surface area (TPSA) is 95.3 Å². The number of nitro groups is 1. The van der Waals surface area contributed by atoms with Crippen LogP contribution in [0.2, 0.25) is 0 Å². The summed E-state index contributed by atoms with van der Waals surface area (Å²) in [6.07, 6.45) is 0. The molecule has 0 aliphatic carbocycles. The molecular formula is C16H17N5O3S. The van der Waals surface area contributed by atoms with Crippen molar-refractivity contribution in [1.29, 1.82) is 0 Å². The zero-order valence-electron chi connectivity index (χ0n) is 14.1. The van der Waals surface area contributed by atoms with Crippen molar-refractivity contribution < 1.29 is 9.72 Å². The van der Waals surface area contributed by atoms with E-state index < -0.39 is 10.8 Å². The van der Waals surface area contributed by atoms with E-state index in [0.29, 0.717) is 23.6 Å². The number of hydrogen-bond acceptors (Lipinski definition) is 5. The van der Waals surface area contributed by atoms with Crippen molar-refractivity contribution in [3.05, 3.63) is 50.6 Å². The molecule has 0 radical (unpaired) electrons. The first-order valence-electron chi connectivity index (χ1n) is 7.85. The number of benzene rings is 1. The molecule has 0 N–H and O–H groups in total. The Balaban J connectivity index is 2.11. The van der Waals surface area contributed by atoms with E-state index in [0.717, 1.165) is 15.9 Å². The highest BCUT2D eigenvalue weighted by molar-refractivity contribution is 7.16. The van der Waals surface area contributed by atoms with Crippen LogP contribution in [0.5, 0.6) is 0 Å². The maximum atomic E-state index is 12.5. The Bertz CT molecular complexity index is 1040. The number of thiazole rings is 1. The van der Waals surface area contributed by atoms with Crippen LogP contribution in [0.15, 0.2) is 29.3 Å². The van der Waals surface area contributed by atoms with Crippen LogP contribution in [0.1, 0.15) is 30.0 Å². The third kappa shape index (κ3) is 3.10. The predicted molar refractivity (Wildman–Crippen MR) is 94.7 cm³/mol.